The molecule has 1 saturated heterocycles. The highest BCUT2D eigenvalue weighted by atomic mass is 19.1. The standard InChI is InChI=1S/C17H23FN4O2/c1-12(23)22-9-7-14(8-10-22)13-3-5-15(6-4-13)17(24-2)16(11-18)20-21-19/h3-6,14,16-17H,7-11H2,1-2H3/t16-,17-/m1/s1. The SMILES string of the molecule is CO[C@H](c1ccc(C2CCN(C(C)=O)CC2)cc1)[C@@H](CF)N=[N+]=[N-]. The monoisotopic (exact) mass is 334 g/mol. The predicted molar refractivity (Wildman–Crippen MR) is 89.3 cm³/mol. The number of carbonyl (C=O) groups is 1. The van der Waals surface area contributed by atoms with Gasteiger partial charge in [-0.05, 0) is 35.4 Å². The Balaban J connectivity index is 2.07. The maximum Gasteiger partial charge on any atom is 0.219 e. The molecule has 2 rings (SSSR count). The van der Waals surface area contributed by atoms with E-state index in [4.69, 9.17) is 10.3 Å². The van der Waals surface area contributed by atoms with Crippen LogP contribution in [0.1, 0.15) is 42.9 Å². The fraction of sp³-hybridized carbons (Fsp3) is 0.588. The number of piperidine rings is 1. The molecule has 0 radical (unpaired) electrons. The van der Waals surface area contributed by atoms with Gasteiger partial charge in [0.25, 0.3) is 0 Å². The van der Waals surface area contributed by atoms with E-state index < -0.39 is 18.8 Å². The lowest BCUT2D eigenvalue weighted by molar-refractivity contribution is -0.129. The summed E-state index contributed by atoms with van der Waals surface area (Å²) in [7, 11) is 1.48. The van der Waals surface area contributed by atoms with E-state index in [1.165, 1.54) is 12.7 Å². The minimum Gasteiger partial charge on any atom is -0.376 e. The van der Waals surface area contributed by atoms with Crippen LogP contribution in [0.2, 0.25) is 0 Å². The van der Waals surface area contributed by atoms with Crippen LogP contribution < -0.4 is 0 Å². The van der Waals surface area contributed by atoms with Gasteiger partial charge in [-0.2, -0.15) is 0 Å². The molecule has 0 spiro atoms. The summed E-state index contributed by atoms with van der Waals surface area (Å²) in [5.41, 5.74) is 10.5. The van der Waals surface area contributed by atoms with Crippen molar-refractivity contribution in [3.05, 3.63) is 45.8 Å². The molecule has 6 nitrogen and oxygen atoms in total. The normalized spacial score (nSPS) is 17.9. The molecule has 1 amide bonds. The second-order valence-electron chi connectivity index (χ2n) is 6.03. The Labute approximate surface area is 141 Å². The second-order valence-corrected chi connectivity index (χ2v) is 6.03. The van der Waals surface area contributed by atoms with Crippen molar-refractivity contribution < 1.29 is 13.9 Å². The van der Waals surface area contributed by atoms with Crippen LogP contribution in [0.25, 0.3) is 10.4 Å². The number of rotatable bonds is 6. The molecule has 1 aromatic carbocycles. The average Bonchev–Trinajstić information content (AvgIpc) is 2.62. The van der Waals surface area contributed by atoms with Crippen molar-refractivity contribution in [2.75, 3.05) is 26.9 Å². The summed E-state index contributed by atoms with van der Waals surface area (Å²) in [4.78, 5) is 15.9. The zero-order chi connectivity index (χ0) is 17.5. The fourth-order valence-corrected chi connectivity index (χ4v) is 3.24. The summed E-state index contributed by atoms with van der Waals surface area (Å²) in [6, 6.07) is 6.96. The van der Waals surface area contributed by atoms with Gasteiger partial charge in [-0.15, -0.1) is 0 Å². The zero-order valence-electron chi connectivity index (χ0n) is 14.1. The van der Waals surface area contributed by atoms with Crippen LogP contribution in [0, 0.1) is 0 Å². The molecule has 0 aliphatic carbocycles. The Morgan fingerprint density at radius 3 is 2.50 bits per heavy atom. The van der Waals surface area contributed by atoms with E-state index in [2.05, 4.69) is 10.0 Å². The number of methoxy groups -OCH3 is 1. The van der Waals surface area contributed by atoms with Gasteiger partial charge in [0, 0.05) is 32.0 Å². The van der Waals surface area contributed by atoms with E-state index in [9.17, 15) is 9.18 Å². The van der Waals surface area contributed by atoms with Gasteiger partial charge in [-0.3, -0.25) is 9.18 Å². The van der Waals surface area contributed by atoms with Crippen molar-refractivity contribution in [2.24, 2.45) is 5.11 Å². The second kappa shape index (κ2) is 8.66. The number of benzene rings is 1. The number of nitrogens with zero attached hydrogens (tertiary/aromatic N) is 4. The van der Waals surface area contributed by atoms with Gasteiger partial charge in [0.05, 0.1) is 12.1 Å². The quantitative estimate of drug-likeness (QED) is 0.451. The van der Waals surface area contributed by atoms with E-state index >= 15 is 0 Å². The lowest BCUT2D eigenvalue weighted by atomic mass is 9.88. The Hall–Kier alpha value is -2.11. The highest BCUT2D eigenvalue weighted by molar-refractivity contribution is 5.73. The molecule has 0 unspecified atom stereocenters. The largest absolute Gasteiger partial charge is 0.376 e. The van der Waals surface area contributed by atoms with Crippen molar-refractivity contribution in [3.8, 4) is 0 Å². The third kappa shape index (κ3) is 4.24. The minimum absolute atomic E-state index is 0.127. The van der Waals surface area contributed by atoms with Crippen molar-refractivity contribution >= 4 is 5.91 Å². The van der Waals surface area contributed by atoms with Crippen molar-refractivity contribution in [3.63, 3.8) is 0 Å². The number of amides is 1. The first-order valence-corrected chi connectivity index (χ1v) is 8.09. The minimum atomic E-state index is -0.871. The number of likely N-dealkylation sites (tertiary alicyclic amines) is 1. The van der Waals surface area contributed by atoms with Crippen LogP contribution >= 0.6 is 0 Å². The molecule has 130 valence electrons. The summed E-state index contributed by atoms with van der Waals surface area (Å²) >= 11 is 0. The Morgan fingerprint density at radius 1 is 1.42 bits per heavy atom. The van der Waals surface area contributed by atoms with Crippen LogP contribution in [0.15, 0.2) is 29.4 Å². The first-order chi connectivity index (χ1) is 11.6. The maximum atomic E-state index is 13.1. The van der Waals surface area contributed by atoms with Crippen LogP contribution in [0.3, 0.4) is 0 Å². The summed E-state index contributed by atoms with van der Waals surface area (Å²) in [6.07, 6.45) is 1.29. The molecular formula is C17H23FN4O2. The Kier molecular flexibility index (Phi) is 6.58. The lowest BCUT2D eigenvalue weighted by Gasteiger charge is -2.31. The predicted octanol–water partition coefficient (Wildman–Crippen LogP) is 3.75. The number of carbonyl (C=O) groups excluding carboxylic acids is 1. The molecule has 2 atom stereocenters. The lowest BCUT2D eigenvalue weighted by Crippen LogP contribution is -2.36. The molecule has 1 fully saturated rings. The van der Waals surface area contributed by atoms with Gasteiger partial charge in [0.15, 0.2) is 0 Å². The maximum absolute atomic E-state index is 13.1. The van der Waals surface area contributed by atoms with Crippen molar-refractivity contribution in [2.45, 2.75) is 37.8 Å². The number of hydrogen-bond acceptors (Lipinski definition) is 3. The summed E-state index contributed by atoms with van der Waals surface area (Å²) in [5, 5.41) is 3.47. The molecule has 1 aromatic rings. The topological polar surface area (TPSA) is 78.3 Å². The Morgan fingerprint density at radius 2 is 2.04 bits per heavy atom. The average molecular weight is 334 g/mol. The van der Waals surface area contributed by atoms with Crippen LogP contribution in [0.5, 0.6) is 0 Å². The summed E-state index contributed by atoms with van der Waals surface area (Å²) in [6.45, 7) is 2.39. The number of azide groups is 1. The summed E-state index contributed by atoms with van der Waals surface area (Å²) in [5.74, 6) is 0.548. The third-order valence-corrected chi connectivity index (χ3v) is 4.64. The molecule has 1 aliphatic rings. The van der Waals surface area contributed by atoms with E-state index in [1.54, 1.807) is 6.92 Å². The van der Waals surface area contributed by atoms with E-state index in [1.807, 2.05) is 29.2 Å². The highest BCUT2D eigenvalue weighted by Gasteiger charge is 2.24. The number of hydrogen-bond donors (Lipinski definition) is 0. The van der Waals surface area contributed by atoms with E-state index in [-0.39, 0.29) is 5.91 Å². The van der Waals surface area contributed by atoms with Gasteiger partial charge in [-0.1, -0.05) is 29.4 Å². The molecular weight excluding hydrogens is 311 g/mol. The zero-order valence-corrected chi connectivity index (χ0v) is 14.1. The van der Waals surface area contributed by atoms with Gasteiger partial charge in [-0.25, -0.2) is 0 Å². The molecule has 1 heterocycles. The molecule has 0 saturated carbocycles. The molecule has 0 bridgehead atoms. The first kappa shape index (κ1) is 18.2. The molecule has 24 heavy (non-hydrogen) atoms. The first-order valence-electron chi connectivity index (χ1n) is 8.09. The van der Waals surface area contributed by atoms with E-state index in [0.717, 1.165) is 31.5 Å². The van der Waals surface area contributed by atoms with Crippen LogP contribution in [-0.2, 0) is 9.53 Å². The molecule has 7 heteroatoms. The van der Waals surface area contributed by atoms with Crippen LogP contribution in [0.4, 0.5) is 4.39 Å². The van der Waals surface area contributed by atoms with E-state index in [0.29, 0.717) is 5.92 Å². The fourth-order valence-electron chi connectivity index (χ4n) is 3.24. The van der Waals surface area contributed by atoms with Gasteiger partial charge >= 0.3 is 0 Å². The van der Waals surface area contributed by atoms with Gasteiger partial charge < -0.3 is 9.64 Å². The number of alkyl halides is 1. The van der Waals surface area contributed by atoms with Gasteiger partial charge in [0.1, 0.15) is 6.67 Å². The van der Waals surface area contributed by atoms with Crippen LogP contribution in [-0.4, -0.2) is 43.7 Å². The molecule has 1 aliphatic heterocycles. The Bertz CT molecular complexity index is 593. The van der Waals surface area contributed by atoms with Crippen molar-refractivity contribution in [1.82, 2.24) is 4.90 Å². The third-order valence-electron chi connectivity index (χ3n) is 4.64. The number of ether oxygens (including phenoxy) is 1. The molecule has 0 aromatic heterocycles. The van der Waals surface area contributed by atoms with Crippen molar-refractivity contribution in [1.29, 1.82) is 0 Å². The van der Waals surface area contributed by atoms with Gasteiger partial charge in [0.2, 0.25) is 5.91 Å². The summed E-state index contributed by atoms with van der Waals surface area (Å²) < 4.78 is 18.4. The molecule has 0 N–H and O–H groups in total. The highest BCUT2D eigenvalue weighted by Crippen LogP contribution is 2.30. The number of halogens is 1. The smallest absolute Gasteiger partial charge is 0.219 e.